The van der Waals surface area contributed by atoms with E-state index >= 15 is 0 Å². The van der Waals surface area contributed by atoms with Crippen LogP contribution in [-0.2, 0) is 0 Å². The number of likely N-dealkylation sites (N-methyl/N-ethyl adjacent to an activating group) is 1. The van der Waals surface area contributed by atoms with Gasteiger partial charge >= 0.3 is 0 Å². The molecule has 0 fully saturated rings. The molecule has 3 nitrogen and oxygen atoms in total. The molecule has 19 heavy (non-hydrogen) atoms. The molecule has 0 N–H and O–H groups in total. The van der Waals surface area contributed by atoms with Gasteiger partial charge in [-0.1, -0.05) is 26.8 Å². The third kappa shape index (κ3) is 4.27. The van der Waals surface area contributed by atoms with Gasteiger partial charge in [0, 0.05) is 27.0 Å². The fraction of sp³-hybridized carbons (Fsp3) is 0.562. The first-order chi connectivity index (χ1) is 11.2. The van der Waals surface area contributed by atoms with Gasteiger partial charge in [-0.2, -0.15) is 0 Å². The summed E-state index contributed by atoms with van der Waals surface area (Å²) in [5.74, 6) is 0. The molecule has 0 saturated carbocycles. The van der Waals surface area contributed by atoms with E-state index in [-0.39, 0.29) is 23.5 Å². The lowest BCUT2D eigenvalue weighted by atomic mass is 10.1. The minimum absolute atomic E-state index is 0.0405. The van der Waals surface area contributed by atoms with E-state index in [0.29, 0.717) is 11.4 Å². The Morgan fingerprint density at radius 2 is 2.05 bits per heavy atom. The quantitative estimate of drug-likeness (QED) is 0.699. The van der Waals surface area contributed by atoms with Gasteiger partial charge in [-0.05, 0) is 32.9 Å². The zero-order valence-corrected chi connectivity index (χ0v) is 12.2. The molecule has 0 aromatic rings. The standard InChI is InChI=1S/C16H26N3/c1-11(2)17-13(5)15-9-8-10-16(19(15)7)14(6)18-12(3)4/h8-12H,1-7H3/q-1/b15-13-,18-14?/i5D3,6D3. The van der Waals surface area contributed by atoms with Crippen LogP contribution in [0, 0.1) is 0 Å². The minimum Gasteiger partial charge on any atom is -0.684 e. The minimum atomic E-state index is -2.41. The van der Waals surface area contributed by atoms with Crippen LogP contribution in [0.15, 0.2) is 40.3 Å². The third-order valence-electron chi connectivity index (χ3n) is 2.49. The molecule has 1 aliphatic rings. The van der Waals surface area contributed by atoms with Crippen LogP contribution in [0.2, 0.25) is 0 Å². The molecule has 0 bridgehead atoms. The summed E-state index contributed by atoms with van der Waals surface area (Å²) in [4.78, 5) is 5.80. The van der Waals surface area contributed by atoms with E-state index in [1.165, 1.54) is 0 Å². The number of allylic oxidation sites excluding steroid dienone is 5. The third-order valence-corrected chi connectivity index (χ3v) is 2.49. The number of hydrogen-bond donors (Lipinski definition) is 0. The summed E-state index contributed by atoms with van der Waals surface area (Å²) in [6.07, 6.45) is 4.89. The molecule has 3 heteroatoms. The Morgan fingerprint density at radius 3 is 2.58 bits per heavy atom. The van der Waals surface area contributed by atoms with E-state index in [2.05, 4.69) is 10.3 Å². The lowest BCUT2D eigenvalue weighted by molar-refractivity contribution is 0.549. The molecule has 0 spiro atoms. The number of nitrogens with zero attached hydrogens (tertiary/aromatic N) is 3. The van der Waals surface area contributed by atoms with Gasteiger partial charge in [0.25, 0.3) is 0 Å². The molecule has 0 saturated heterocycles. The number of rotatable bonds is 4. The maximum absolute atomic E-state index is 7.78. The maximum Gasteiger partial charge on any atom is 0.0619 e. The van der Waals surface area contributed by atoms with Crippen LogP contribution in [0.5, 0.6) is 0 Å². The average molecular weight is 266 g/mol. The van der Waals surface area contributed by atoms with Crippen molar-refractivity contribution >= 4 is 5.71 Å². The van der Waals surface area contributed by atoms with E-state index in [0.717, 1.165) is 0 Å². The molecule has 1 rings (SSSR count). The molecular formula is C16H26N3-. The fourth-order valence-electron chi connectivity index (χ4n) is 1.71. The first-order valence-corrected chi connectivity index (χ1v) is 6.41. The second-order valence-corrected chi connectivity index (χ2v) is 5.00. The van der Waals surface area contributed by atoms with Gasteiger partial charge in [0.2, 0.25) is 0 Å². The monoisotopic (exact) mass is 266 g/mol. The van der Waals surface area contributed by atoms with Crippen molar-refractivity contribution in [1.82, 2.24) is 4.90 Å². The van der Waals surface area contributed by atoms with Crippen molar-refractivity contribution in [1.29, 1.82) is 0 Å². The SMILES string of the molecule is [2H]C([2H])([2H])C(=NC(C)C)C1=CC=C/C(=C(/[N-]C(C)C)C([2H])([2H])[2H])N1C. The lowest BCUT2D eigenvalue weighted by Crippen LogP contribution is -2.24. The van der Waals surface area contributed by atoms with Gasteiger partial charge < -0.3 is 10.2 Å². The highest BCUT2D eigenvalue weighted by atomic mass is 15.1. The largest absolute Gasteiger partial charge is 0.684 e. The maximum atomic E-state index is 7.78. The highest BCUT2D eigenvalue weighted by Crippen LogP contribution is 2.25. The Bertz CT molecular complexity index is 606. The zero-order chi connectivity index (χ0) is 19.6. The van der Waals surface area contributed by atoms with Crippen molar-refractivity contribution in [2.24, 2.45) is 4.99 Å². The predicted octanol–water partition coefficient (Wildman–Crippen LogP) is 4.25. The molecule has 106 valence electrons. The van der Waals surface area contributed by atoms with Gasteiger partial charge in [-0.25, -0.2) is 0 Å². The van der Waals surface area contributed by atoms with Crippen LogP contribution in [0.25, 0.3) is 5.32 Å². The molecule has 0 aromatic heterocycles. The number of hydrogen-bond acceptors (Lipinski definition) is 2. The molecule has 0 radical (unpaired) electrons. The molecule has 0 atom stereocenters. The average Bonchev–Trinajstić information content (AvgIpc) is 2.40. The van der Waals surface area contributed by atoms with Crippen molar-refractivity contribution < 1.29 is 8.22 Å². The van der Waals surface area contributed by atoms with Crippen LogP contribution in [0.1, 0.15) is 49.6 Å². The summed E-state index contributed by atoms with van der Waals surface area (Å²) >= 11 is 0. The Morgan fingerprint density at radius 1 is 1.32 bits per heavy atom. The van der Waals surface area contributed by atoms with E-state index in [9.17, 15) is 0 Å². The summed E-state index contributed by atoms with van der Waals surface area (Å²) in [5.41, 5.74) is 0.626. The van der Waals surface area contributed by atoms with Crippen LogP contribution >= 0.6 is 0 Å². The highest BCUT2D eigenvalue weighted by Gasteiger charge is 2.13. The Kier molecular flexibility index (Phi) is 2.99. The second-order valence-electron chi connectivity index (χ2n) is 5.00. The molecule has 0 aliphatic carbocycles. The zero-order valence-electron chi connectivity index (χ0n) is 18.2. The van der Waals surface area contributed by atoms with Crippen molar-refractivity contribution in [3.8, 4) is 0 Å². The fourth-order valence-corrected chi connectivity index (χ4v) is 1.71. The summed E-state index contributed by atoms with van der Waals surface area (Å²) in [6, 6.07) is -0.406. The van der Waals surface area contributed by atoms with E-state index in [1.807, 2.05) is 0 Å². The van der Waals surface area contributed by atoms with Crippen LogP contribution in [0.4, 0.5) is 0 Å². The smallest absolute Gasteiger partial charge is 0.0619 e. The normalized spacial score (nSPS) is 25.1. The van der Waals surface area contributed by atoms with Gasteiger partial charge in [-0.3, -0.25) is 4.99 Å². The summed E-state index contributed by atoms with van der Waals surface area (Å²) in [6.45, 7) is 2.37. The molecule has 1 aliphatic heterocycles. The van der Waals surface area contributed by atoms with E-state index < -0.39 is 13.7 Å². The summed E-state index contributed by atoms with van der Waals surface area (Å²) in [5, 5.41) is 4.26. The first kappa shape index (κ1) is 8.62. The van der Waals surface area contributed by atoms with Crippen molar-refractivity contribution in [2.75, 3.05) is 7.05 Å². The van der Waals surface area contributed by atoms with Crippen molar-refractivity contribution in [3.63, 3.8) is 0 Å². The van der Waals surface area contributed by atoms with Gasteiger partial charge in [-0.15, -0.1) is 11.7 Å². The van der Waals surface area contributed by atoms with Crippen LogP contribution in [0.3, 0.4) is 0 Å². The van der Waals surface area contributed by atoms with Gasteiger partial charge in [0.15, 0.2) is 0 Å². The van der Waals surface area contributed by atoms with Gasteiger partial charge in [0.05, 0.1) is 11.4 Å². The Labute approximate surface area is 126 Å². The van der Waals surface area contributed by atoms with Crippen molar-refractivity contribution in [3.05, 3.63) is 40.6 Å². The first-order valence-electron chi connectivity index (χ1n) is 9.41. The van der Waals surface area contributed by atoms with E-state index in [4.69, 9.17) is 8.22 Å². The molecular weight excluding hydrogens is 234 g/mol. The lowest BCUT2D eigenvalue weighted by Gasteiger charge is -2.35. The summed E-state index contributed by atoms with van der Waals surface area (Å²) in [7, 11) is 1.63. The van der Waals surface area contributed by atoms with Crippen LogP contribution < -0.4 is 0 Å². The van der Waals surface area contributed by atoms with Crippen molar-refractivity contribution in [2.45, 2.75) is 53.5 Å². The highest BCUT2D eigenvalue weighted by molar-refractivity contribution is 5.98. The van der Waals surface area contributed by atoms with Gasteiger partial charge in [0.1, 0.15) is 0 Å². The Balaban J connectivity index is 3.48. The van der Waals surface area contributed by atoms with E-state index in [1.54, 1.807) is 57.9 Å². The Hall–Kier alpha value is -1.51. The molecule has 0 aromatic carbocycles. The second kappa shape index (κ2) is 6.60. The summed E-state index contributed by atoms with van der Waals surface area (Å²) < 4.78 is 46.7. The molecule has 1 heterocycles. The molecule has 0 unspecified atom stereocenters. The molecule has 0 amide bonds. The van der Waals surface area contributed by atoms with Crippen LogP contribution in [-0.4, -0.2) is 29.7 Å². The number of aliphatic imine (C=N–C) groups is 1. The predicted molar refractivity (Wildman–Crippen MR) is 84.4 cm³/mol. The topological polar surface area (TPSA) is 29.7 Å².